The highest BCUT2D eigenvalue weighted by Crippen LogP contribution is 2.30. The number of benzene rings is 2. The Morgan fingerprint density at radius 2 is 1.71 bits per heavy atom. The molecule has 0 spiro atoms. The summed E-state index contributed by atoms with van der Waals surface area (Å²) in [5.74, 6) is -1.36. The molecule has 2 aromatic carbocycles. The summed E-state index contributed by atoms with van der Waals surface area (Å²) >= 11 is 0. The third kappa shape index (κ3) is 3.27. The second kappa shape index (κ2) is 6.99. The number of hydrogen-bond acceptors (Lipinski definition) is 4. The minimum atomic E-state index is -3.77. The first-order valence-electron chi connectivity index (χ1n) is 8.80. The number of nitrogens with zero attached hydrogens (tertiary/aromatic N) is 2. The van der Waals surface area contributed by atoms with Gasteiger partial charge in [-0.3, -0.25) is 4.79 Å². The summed E-state index contributed by atoms with van der Waals surface area (Å²) in [5, 5.41) is 2.70. The predicted octanol–water partition coefficient (Wildman–Crippen LogP) is 1.85. The van der Waals surface area contributed by atoms with Crippen molar-refractivity contribution in [1.82, 2.24) is 9.62 Å². The molecule has 2 fully saturated rings. The number of amides is 3. The van der Waals surface area contributed by atoms with E-state index in [4.69, 9.17) is 0 Å². The van der Waals surface area contributed by atoms with Gasteiger partial charge in [0.05, 0.1) is 17.5 Å². The maximum atomic E-state index is 13.2. The van der Waals surface area contributed by atoms with Crippen LogP contribution >= 0.6 is 0 Å². The zero-order valence-electron chi connectivity index (χ0n) is 14.8. The van der Waals surface area contributed by atoms with Crippen molar-refractivity contribution in [3.8, 4) is 0 Å². The molecule has 2 atom stereocenters. The van der Waals surface area contributed by atoms with E-state index in [1.54, 1.807) is 30.3 Å². The van der Waals surface area contributed by atoms with Gasteiger partial charge in [-0.2, -0.15) is 4.31 Å². The molecule has 2 aromatic rings. The topological polar surface area (TPSA) is 86.8 Å². The van der Waals surface area contributed by atoms with Gasteiger partial charge in [-0.15, -0.1) is 0 Å². The summed E-state index contributed by atoms with van der Waals surface area (Å²) in [4.78, 5) is 26.4. The number of carbonyl (C=O) groups is 2. The molecule has 146 valence electrons. The van der Waals surface area contributed by atoms with Gasteiger partial charge in [0.2, 0.25) is 10.0 Å². The Hall–Kier alpha value is -2.78. The molecule has 1 N–H and O–H groups in total. The van der Waals surface area contributed by atoms with Gasteiger partial charge in [0, 0.05) is 6.54 Å². The fraction of sp³-hybridized carbons (Fsp3) is 0.263. The van der Waals surface area contributed by atoms with Crippen molar-refractivity contribution in [2.45, 2.75) is 24.3 Å². The van der Waals surface area contributed by atoms with Gasteiger partial charge in [-0.1, -0.05) is 30.3 Å². The number of fused-ring (bicyclic) bond motifs is 1. The number of hydrogen-bond donors (Lipinski definition) is 1. The van der Waals surface area contributed by atoms with E-state index in [1.165, 1.54) is 16.4 Å². The van der Waals surface area contributed by atoms with Gasteiger partial charge >= 0.3 is 6.03 Å². The van der Waals surface area contributed by atoms with Gasteiger partial charge in [0.1, 0.15) is 11.9 Å². The van der Waals surface area contributed by atoms with Crippen LogP contribution in [0.4, 0.5) is 14.9 Å². The van der Waals surface area contributed by atoms with Crippen molar-refractivity contribution < 1.29 is 22.4 Å². The lowest BCUT2D eigenvalue weighted by Gasteiger charge is -2.36. The lowest BCUT2D eigenvalue weighted by atomic mass is 10.1. The van der Waals surface area contributed by atoms with E-state index < -0.39 is 39.9 Å². The normalized spacial score (nSPS) is 22.8. The number of urea groups is 1. The fourth-order valence-corrected chi connectivity index (χ4v) is 5.43. The molecule has 9 heteroatoms. The molecule has 3 amide bonds. The average molecular weight is 403 g/mol. The maximum absolute atomic E-state index is 13.2. The van der Waals surface area contributed by atoms with Crippen LogP contribution in [0.2, 0.25) is 0 Å². The van der Waals surface area contributed by atoms with Crippen molar-refractivity contribution in [1.29, 1.82) is 0 Å². The lowest BCUT2D eigenvalue weighted by Crippen LogP contribution is -2.65. The van der Waals surface area contributed by atoms with Crippen molar-refractivity contribution in [3.05, 3.63) is 66.0 Å². The fourth-order valence-electron chi connectivity index (χ4n) is 3.68. The number of nitrogens with one attached hydrogen (secondary N) is 1. The van der Waals surface area contributed by atoms with Crippen LogP contribution in [0.25, 0.3) is 0 Å². The second-order valence-corrected chi connectivity index (χ2v) is 8.71. The Morgan fingerprint density at radius 1 is 1.04 bits per heavy atom. The molecule has 0 bridgehead atoms. The number of sulfonamides is 1. The standard InChI is InChI=1S/C19H18FN3O4S/c20-14-6-8-15(9-7-14)23-18(24)17-16(21-19(23)25)10-11-22(17)28(26,27)12-13-4-2-1-3-5-13/h1-9,16-17H,10-12H2,(H,21,25). The molecule has 2 unspecified atom stereocenters. The van der Waals surface area contributed by atoms with Crippen LogP contribution in [0.1, 0.15) is 12.0 Å². The highest BCUT2D eigenvalue weighted by atomic mass is 32.2. The van der Waals surface area contributed by atoms with Gasteiger partial charge in [-0.25, -0.2) is 22.5 Å². The number of anilines is 1. The molecule has 4 rings (SSSR count). The summed E-state index contributed by atoms with van der Waals surface area (Å²) < 4.78 is 40.3. The van der Waals surface area contributed by atoms with E-state index in [1.807, 2.05) is 0 Å². The Kier molecular flexibility index (Phi) is 4.64. The first-order chi connectivity index (χ1) is 13.4. The zero-order chi connectivity index (χ0) is 19.9. The van der Waals surface area contributed by atoms with E-state index in [-0.39, 0.29) is 18.0 Å². The van der Waals surface area contributed by atoms with Crippen molar-refractivity contribution >= 4 is 27.6 Å². The SMILES string of the molecule is O=C1NC2CCN(S(=O)(=O)Cc3ccccc3)C2C(=O)N1c1ccc(F)cc1. The summed E-state index contributed by atoms with van der Waals surface area (Å²) in [6.45, 7) is 0.147. The molecule has 0 saturated carbocycles. The average Bonchev–Trinajstić information content (AvgIpc) is 3.09. The van der Waals surface area contributed by atoms with Crippen molar-refractivity contribution in [3.63, 3.8) is 0 Å². The first kappa shape index (κ1) is 18.6. The molecule has 2 aliphatic rings. The van der Waals surface area contributed by atoms with Crippen molar-refractivity contribution in [2.75, 3.05) is 11.4 Å². The summed E-state index contributed by atoms with van der Waals surface area (Å²) in [6, 6.07) is 11.4. The third-order valence-corrected chi connectivity index (χ3v) is 6.79. The first-order valence-corrected chi connectivity index (χ1v) is 10.4. The monoisotopic (exact) mass is 403 g/mol. The zero-order valence-corrected chi connectivity index (χ0v) is 15.6. The molecule has 7 nitrogen and oxygen atoms in total. The molecule has 2 aliphatic heterocycles. The molecular weight excluding hydrogens is 385 g/mol. The van der Waals surface area contributed by atoms with Crippen LogP contribution in [0.5, 0.6) is 0 Å². The van der Waals surface area contributed by atoms with E-state index in [9.17, 15) is 22.4 Å². The van der Waals surface area contributed by atoms with Crippen LogP contribution < -0.4 is 10.2 Å². The molecule has 0 aliphatic carbocycles. The number of rotatable bonds is 4. The molecule has 2 heterocycles. The molecule has 0 aromatic heterocycles. The summed E-state index contributed by atoms with van der Waals surface area (Å²) in [6.07, 6.45) is 0.355. The Labute approximate surface area is 161 Å². The minimum Gasteiger partial charge on any atom is -0.332 e. The van der Waals surface area contributed by atoms with Crippen LogP contribution in [0.15, 0.2) is 54.6 Å². The Morgan fingerprint density at radius 3 is 2.39 bits per heavy atom. The smallest absolute Gasteiger partial charge is 0.329 e. The Bertz CT molecular complexity index is 1010. The van der Waals surface area contributed by atoms with Gasteiger partial charge in [0.25, 0.3) is 5.91 Å². The number of imide groups is 1. The van der Waals surface area contributed by atoms with Crippen LogP contribution in [0, 0.1) is 5.82 Å². The summed E-state index contributed by atoms with van der Waals surface area (Å²) in [5.41, 5.74) is 0.809. The Balaban J connectivity index is 1.63. The molecule has 2 saturated heterocycles. The molecule has 28 heavy (non-hydrogen) atoms. The number of halogens is 1. The lowest BCUT2D eigenvalue weighted by molar-refractivity contribution is -0.122. The maximum Gasteiger partial charge on any atom is 0.329 e. The predicted molar refractivity (Wildman–Crippen MR) is 100 cm³/mol. The number of carbonyl (C=O) groups excluding carboxylic acids is 2. The van der Waals surface area contributed by atoms with Crippen molar-refractivity contribution in [2.24, 2.45) is 0 Å². The van der Waals surface area contributed by atoms with E-state index in [0.717, 1.165) is 17.0 Å². The van der Waals surface area contributed by atoms with E-state index in [2.05, 4.69) is 5.32 Å². The minimum absolute atomic E-state index is 0.147. The summed E-state index contributed by atoms with van der Waals surface area (Å²) in [7, 11) is -3.77. The second-order valence-electron chi connectivity index (χ2n) is 6.79. The van der Waals surface area contributed by atoms with Crippen LogP contribution in [-0.2, 0) is 20.6 Å². The highest BCUT2D eigenvalue weighted by Gasteiger charge is 2.51. The quantitative estimate of drug-likeness (QED) is 0.844. The van der Waals surface area contributed by atoms with Crippen LogP contribution in [0.3, 0.4) is 0 Å². The van der Waals surface area contributed by atoms with Crippen LogP contribution in [-0.4, -0.2) is 43.3 Å². The van der Waals surface area contributed by atoms with E-state index in [0.29, 0.717) is 12.0 Å². The van der Waals surface area contributed by atoms with Gasteiger partial charge in [0.15, 0.2) is 0 Å². The third-order valence-electron chi connectivity index (χ3n) is 4.97. The largest absolute Gasteiger partial charge is 0.332 e. The molecule has 0 radical (unpaired) electrons. The van der Waals surface area contributed by atoms with Gasteiger partial charge < -0.3 is 5.32 Å². The van der Waals surface area contributed by atoms with Gasteiger partial charge in [-0.05, 0) is 36.2 Å². The molecular formula is C19H18FN3O4S. The van der Waals surface area contributed by atoms with E-state index >= 15 is 0 Å². The highest BCUT2D eigenvalue weighted by molar-refractivity contribution is 7.88.